The molecule has 42 heavy (non-hydrogen) atoms. The molecule has 0 aliphatic carbocycles. The Hall–Kier alpha value is -4.74. The van der Waals surface area contributed by atoms with Crippen LogP contribution in [0.5, 0.6) is 23.0 Å². The van der Waals surface area contributed by atoms with Gasteiger partial charge in [-0.05, 0) is 64.2 Å². The van der Waals surface area contributed by atoms with E-state index in [2.05, 4.69) is 24.3 Å². The Morgan fingerprint density at radius 1 is 0.524 bits per heavy atom. The van der Waals surface area contributed by atoms with E-state index in [9.17, 15) is 5.11 Å². The Morgan fingerprint density at radius 2 is 0.976 bits per heavy atom. The zero-order valence-corrected chi connectivity index (χ0v) is 24.0. The molecule has 0 aliphatic heterocycles. The number of aliphatic hydroxyl groups is 1. The molecule has 0 aliphatic rings. The number of aliphatic hydroxyl groups excluding tert-OH is 1. The second kappa shape index (κ2) is 14.2. The van der Waals surface area contributed by atoms with Crippen LogP contribution in [0.4, 0.5) is 0 Å². The smallest absolute Gasteiger partial charge is 0.160 e. The molecule has 5 rings (SSSR count). The molecule has 1 unspecified atom stereocenters. The van der Waals surface area contributed by atoms with Crippen LogP contribution in [0.1, 0.15) is 39.7 Å². The lowest BCUT2D eigenvalue weighted by Gasteiger charge is -2.28. The molecule has 0 saturated carbocycles. The molecular weight excluding hydrogens is 524 g/mol. The van der Waals surface area contributed by atoms with Crippen molar-refractivity contribution in [3.05, 3.63) is 155 Å². The van der Waals surface area contributed by atoms with Crippen molar-refractivity contribution >= 4 is 0 Å². The minimum absolute atomic E-state index is 0.0569. The summed E-state index contributed by atoms with van der Waals surface area (Å²) >= 11 is 0. The average Bonchev–Trinajstić information content (AvgIpc) is 3.06. The highest BCUT2D eigenvalue weighted by Gasteiger charge is 2.27. The van der Waals surface area contributed by atoms with Crippen LogP contribution in [-0.2, 0) is 13.2 Å². The predicted octanol–water partition coefficient (Wildman–Crippen LogP) is 7.77. The quantitative estimate of drug-likeness (QED) is 0.159. The normalized spacial score (nSPS) is 11.6. The first-order chi connectivity index (χ1) is 20.7. The maximum Gasteiger partial charge on any atom is 0.160 e. The summed E-state index contributed by atoms with van der Waals surface area (Å²) in [5, 5.41) is 10.8. The number of ether oxygens (including phenoxy) is 4. The Kier molecular flexibility index (Phi) is 9.76. The molecule has 5 aromatic rings. The van der Waals surface area contributed by atoms with Gasteiger partial charge in [0, 0.05) is 11.8 Å². The fourth-order valence-electron chi connectivity index (χ4n) is 5.17. The zero-order chi connectivity index (χ0) is 29.1. The lowest BCUT2D eigenvalue weighted by molar-refractivity contribution is 0.254. The van der Waals surface area contributed by atoms with Crippen LogP contribution in [0.2, 0.25) is 0 Å². The van der Waals surface area contributed by atoms with E-state index in [0.717, 1.165) is 39.3 Å². The molecule has 0 aromatic heterocycles. The van der Waals surface area contributed by atoms with Crippen molar-refractivity contribution in [3.63, 3.8) is 0 Å². The largest absolute Gasteiger partial charge is 0.493 e. The molecule has 1 N–H and O–H groups in total. The van der Waals surface area contributed by atoms with Gasteiger partial charge < -0.3 is 24.1 Å². The number of hydrogen-bond acceptors (Lipinski definition) is 5. The Morgan fingerprint density at radius 3 is 1.40 bits per heavy atom. The Labute approximate surface area is 247 Å². The minimum Gasteiger partial charge on any atom is -0.493 e. The van der Waals surface area contributed by atoms with Gasteiger partial charge in [-0.2, -0.15) is 0 Å². The van der Waals surface area contributed by atoms with E-state index >= 15 is 0 Å². The second-order valence-electron chi connectivity index (χ2n) is 10.1. The summed E-state index contributed by atoms with van der Waals surface area (Å²) in [6, 6.07) is 42.3. The topological polar surface area (TPSA) is 57.2 Å². The monoisotopic (exact) mass is 560 g/mol. The lowest BCUT2D eigenvalue weighted by Crippen LogP contribution is -2.17. The van der Waals surface area contributed by atoms with Gasteiger partial charge in [-0.3, -0.25) is 0 Å². The molecule has 0 spiro atoms. The highest BCUT2D eigenvalue weighted by atomic mass is 16.5. The summed E-state index contributed by atoms with van der Waals surface area (Å²) in [6.07, 6.45) is 0. The number of methoxy groups -OCH3 is 2. The molecule has 0 heterocycles. The summed E-state index contributed by atoms with van der Waals surface area (Å²) in [7, 11) is 3.24. The fraction of sp³-hybridized carbons (Fsp3) is 0.189. The van der Waals surface area contributed by atoms with Crippen molar-refractivity contribution in [1.82, 2.24) is 0 Å². The maximum atomic E-state index is 10.8. The van der Waals surface area contributed by atoms with Crippen molar-refractivity contribution in [3.8, 4) is 23.0 Å². The molecule has 0 saturated heterocycles. The fourth-order valence-corrected chi connectivity index (χ4v) is 5.17. The van der Waals surface area contributed by atoms with Gasteiger partial charge in [0.1, 0.15) is 24.7 Å². The minimum atomic E-state index is -0.239. The standard InChI is InChI=1S/C37H36O5/c1-39-35-22-17-31(23-36(35)40-2)34(24-38)37(29-13-18-32(19-14-29)41-25-27-9-5-3-6-10-27)30-15-20-33(21-16-30)42-26-28-11-7-4-8-12-28/h3-23,34,37-38H,24-26H2,1-2H3. The van der Waals surface area contributed by atoms with Crippen molar-refractivity contribution in [2.24, 2.45) is 0 Å². The van der Waals surface area contributed by atoms with Gasteiger partial charge in [-0.25, -0.2) is 0 Å². The van der Waals surface area contributed by atoms with Crippen LogP contribution in [0.15, 0.2) is 127 Å². The van der Waals surface area contributed by atoms with Gasteiger partial charge in [0.15, 0.2) is 11.5 Å². The number of benzene rings is 5. The van der Waals surface area contributed by atoms with E-state index in [-0.39, 0.29) is 18.4 Å². The van der Waals surface area contributed by atoms with E-state index < -0.39 is 0 Å². The SMILES string of the molecule is COc1ccc(C(CO)C(c2ccc(OCc3ccccc3)cc2)c2ccc(OCc3ccccc3)cc2)cc1OC. The van der Waals surface area contributed by atoms with Crippen LogP contribution < -0.4 is 18.9 Å². The van der Waals surface area contributed by atoms with E-state index in [1.807, 2.05) is 103 Å². The van der Waals surface area contributed by atoms with Crippen LogP contribution >= 0.6 is 0 Å². The van der Waals surface area contributed by atoms with Crippen molar-refractivity contribution in [2.75, 3.05) is 20.8 Å². The van der Waals surface area contributed by atoms with Crippen molar-refractivity contribution in [2.45, 2.75) is 25.0 Å². The maximum absolute atomic E-state index is 10.8. The lowest BCUT2D eigenvalue weighted by atomic mass is 9.77. The third-order valence-corrected chi connectivity index (χ3v) is 7.41. The molecule has 5 heteroatoms. The van der Waals surface area contributed by atoms with E-state index in [1.54, 1.807) is 14.2 Å². The van der Waals surface area contributed by atoms with Gasteiger partial charge >= 0.3 is 0 Å². The van der Waals surface area contributed by atoms with Crippen LogP contribution in [0, 0.1) is 0 Å². The van der Waals surface area contributed by atoms with E-state index in [4.69, 9.17) is 18.9 Å². The van der Waals surface area contributed by atoms with Crippen LogP contribution in [0.3, 0.4) is 0 Å². The number of rotatable bonds is 13. The molecule has 5 nitrogen and oxygen atoms in total. The van der Waals surface area contributed by atoms with E-state index in [1.165, 1.54) is 0 Å². The van der Waals surface area contributed by atoms with Gasteiger partial charge in [0.05, 0.1) is 20.8 Å². The summed E-state index contributed by atoms with van der Waals surface area (Å²) in [4.78, 5) is 0. The highest BCUT2D eigenvalue weighted by Crippen LogP contribution is 2.41. The third kappa shape index (κ3) is 7.12. The summed E-state index contributed by atoms with van der Waals surface area (Å²) < 4.78 is 23.1. The Balaban J connectivity index is 1.43. The van der Waals surface area contributed by atoms with Gasteiger partial charge in [-0.15, -0.1) is 0 Å². The predicted molar refractivity (Wildman–Crippen MR) is 166 cm³/mol. The summed E-state index contributed by atoms with van der Waals surface area (Å²) in [6.45, 7) is 0.941. The molecule has 0 amide bonds. The molecule has 214 valence electrons. The van der Waals surface area contributed by atoms with Crippen molar-refractivity contribution < 1.29 is 24.1 Å². The number of hydrogen-bond donors (Lipinski definition) is 1. The molecule has 5 aromatic carbocycles. The zero-order valence-electron chi connectivity index (χ0n) is 24.0. The molecule has 0 fully saturated rings. The summed E-state index contributed by atoms with van der Waals surface area (Å²) in [5.74, 6) is 2.47. The second-order valence-corrected chi connectivity index (χ2v) is 10.1. The third-order valence-electron chi connectivity index (χ3n) is 7.41. The first kappa shape index (κ1) is 28.8. The Bertz CT molecular complexity index is 1430. The summed E-state index contributed by atoms with van der Waals surface area (Å²) in [5.41, 5.74) is 5.31. The van der Waals surface area contributed by atoms with Crippen LogP contribution in [0.25, 0.3) is 0 Å². The van der Waals surface area contributed by atoms with Crippen LogP contribution in [-0.4, -0.2) is 25.9 Å². The first-order valence-electron chi connectivity index (χ1n) is 14.0. The molecule has 0 bridgehead atoms. The van der Waals surface area contributed by atoms with Gasteiger partial charge in [-0.1, -0.05) is 91.0 Å². The van der Waals surface area contributed by atoms with Gasteiger partial charge in [0.25, 0.3) is 0 Å². The van der Waals surface area contributed by atoms with E-state index in [0.29, 0.717) is 24.7 Å². The van der Waals surface area contributed by atoms with Gasteiger partial charge in [0.2, 0.25) is 0 Å². The first-order valence-corrected chi connectivity index (χ1v) is 14.0. The highest BCUT2D eigenvalue weighted by molar-refractivity contribution is 5.47. The average molecular weight is 561 g/mol. The molecular formula is C37H36O5. The van der Waals surface area contributed by atoms with Crippen molar-refractivity contribution in [1.29, 1.82) is 0 Å². The molecule has 0 radical (unpaired) electrons. The molecule has 1 atom stereocenters.